The Hall–Kier alpha value is -1.91. The van der Waals surface area contributed by atoms with Gasteiger partial charge in [-0.05, 0) is 19.1 Å². The monoisotopic (exact) mass is 194 g/mol. The Morgan fingerprint density at radius 2 is 2.36 bits per heavy atom. The van der Waals surface area contributed by atoms with Gasteiger partial charge in [-0.25, -0.2) is 4.79 Å². The van der Waals surface area contributed by atoms with Gasteiger partial charge in [0.2, 0.25) is 0 Å². The molecule has 5 heteroatoms. The van der Waals surface area contributed by atoms with Crippen molar-refractivity contribution in [2.75, 3.05) is 7.11 Å². The highest BCUT2D eigenvalue weighted by molar-refractivity contribution is 5.99. The van der Waals surface area contributed by atoms with E-state index < -0.39 is 5.97 Å². The fourth-order valence-corrected chi connectivity index (χ4v) is 0.924. The molecule has 0 saturated carbocycles. The molecule has 14 heavy (non-hydrogen) atoms. The van der Waals surface area contributed by atoms with E-state index in [2.05, 4.69) is 14.9 Å². The highest BCUT2D eigenvalue weighted by atomic mass is 16.5. The van der Waals surface area contributed by atoms with Crippen LogP contribution in [-0.4, -0.2) is 29.0 Å². The number of pyridine rings is 1. The summed E-state index contributed by atoms with van der Waals surface area (Å²) in [6, 6.07) is 3.03. The third kappa shape index (κ3) is 2.07. The summed E-state index contributed by atoms with van der Waals surface area (Å²) < 4.78 is 4.54. The molecule has 1 aromatic heterocycles. The van der Waals surface area contributed by atoms with E-state index in [0.29, 0.717) is 17.0 Å². The zero-order valence-corrected chi connectivity index (χ0v) is 7.89. The quantitative estimate of drug-likeness (QED) is 0.331. The van der Waals surface area contributed by atoms with E-state index in [0.717, 1.165) is 0 Å². The molecule has 5 nitrogen and oxygen atoms in total. The molecule has 0 radical (unpaired) electrons. The summed E-state index contributed by atoms with van der Waals surface area (Å²) in [4.78, 5) is 15.1. The van der Waals surface area contributed by atoms with Gasteiger partial charge in [-0.1, -0.05) is 5.16 Å². The summed E-state index contributed by atoms with van der Waals surface area (Å²) in [5.41, 5.74) is 1.16. The van der Waals surface area contributed by atoms with Gasteiger partial charge >= 0.3 is 5.97 Å². The number of hydrogen-bond acceptors (Lipinski definition) is 5. The minimum Gasteiger partial charge on any atom is -0.465 e. The van der Waals surface area contributed by atoms with Gasteiger partial charge in [0.15, 0.2) is 0 Å². The van der Waals surface area contributed by atoms with Crippen LogP contribution in [0.1, 0.15) is 23.0 Å². The SMILES string of the molecule is COC(=O)c1ccnc(/C(C)=N/O)c1. The van der Waals surface area contributed by atoms with Gasteiger partial charge in [0, 0.05) is 6.20 Å². The molecule has 1 rings (SSSR count). The predicted molar refractivity (Wildman–Crippen MR) is 49.6 cm³/mol. The van der Waals surface area contributed by atoms with Crippen molar-refractivity contribution in [3.8, 4) is 0 Å². The van der Waals surface area contributed by atoms with Crippen LogP contribution in [0.3, 0.4) is 0 Å². The molecular formula is C9H10N2O3. The van der Waals surface area contributed by atoms with Crippen LogP contribution >= 0.6 is 0 Å². The summed E-state index contributed by atoms with van der Waals surface area (Å²) in [6.07, 6.45) is 1.45. The van der Waals surface area contributed by atoms with Crippen LogP contribution in [0.2, 0.25) is 0 Å². The standard InChI is InChI=1S/C9H10N2O3/c1-6(11-13)8-5-7(3-4-10-8)9(12)14-2/h3-5,13H,1-2H3/b11-6+. The third-order valence-corrected chi connectivity index (χ3v) is 1.70. The van der Waals surface area contributed by atoms with Crippen molar-refractivity contribution in [3.63, 3.8) is 0 Å². The molecule has 0 spiro atoms. The van der Waals surface area contributed by atoms with Gasteiger partial charge in [-0.15, -0.1) is 0 Å². The second-order valence-electron chi connectivity index (χ2n) is 2.61. The lowest BCUT2D eigenvalue weighted by atomic mass is 10.2. The highest BCUT2D eigenvalue weighted by Crippen LogP contribution is 2.04. The van der Waals surface area contributed by atoms with Crippen molar-refractivity contribution in [3.05, 3.63) is 29.6 Å². The van der Waals surface area contributed by atoms with E-state index in [4.69, 9.17) is 5.21 Å². The number of rotatable bonds is 2. The average molecular weight is 194 g/mol. The molecule has 0 aliphatic heterocycles. The highest BCUT2D eigenvalue weighted by Gasteiger charge is 2.07. The first-order chi connectivity index (χ1) is 6.69. The van der Waals surface area contributed by atoms with Crippen LogP contribution < -0.4 is 0 Å². The first-order valence-electron chi connectivity index (χ1n) is 3.92. The molecule has 74 valence electrons. The molecule has 0 aliphatic rings. The second kappa shape index (κ2) is 4.36. The fraction of sp³-hybridized carbons (Fsp3) is 0.222. The van der Waals surface area contributed by atoms with E-state index >= 15 is 0 Å². The second-order valence-corrected chi connectivity index (χ2v) is 2.61. The fourth-order valence-electron chi connectivity index (χ4n) is 0.924. The molecular weight excluding hydrogens is 184 g/mol. The maximum absolute atomic E-state index is 11.1. The minimum atomic E-state index is -0.445. The first kappa shape index (κ1) is 10.2. The van der Waals surface area contributed by atoms with Crippen molar-refractivity contribution in [1.82, 2.24) is 4.98 Å². The molecule has 0 aliphatic carbocycles. The Morgan fingerprint density at radius 1 is 1.64 bits per heavy atom. The van der Waals surface area contributed by atoms with Gasteiger partial charge in [-0.3, -0.25) is 4.98 Å². The normalized spacial score (nSPS) is 11.1. The zero-order chi connectivity index (χ0) is 10.6. The van der Waals surface area contributed by atoms with Crippen LogP contribution in [0.25, 0.3) is 0 Å². The lowest BCUT2D eigenvalue weighted by molar-refractivity contribution is 0.0600. The van der Waals surface area contributed by atoms with E-state index in [1.54, 1.807) is 6.92 Å². The average Bonchev–Trinajstić information content (AvgIpc) is 2.27. The van der Waals surface area contributed by atoms with Gasteiger partial charge in [0.05, 0.1) is 18.4 Å². The van der Waals surface area contributed by atoms with Crippen LogP contribution in [0.15, 0.2) is 23.5 Å². The molecule has 1 N–H and O–H groups in total. The van der Waals surface area contributed by atoms with E-state index in [-0.39, 0.29) is 0 Å². The van der Waals surface area contributed by atoms with Crippen LogP contribution in [0.5, 0.6) is 0 Å². The van der Waals surface area contributed by atoms with E-state index in [9.17, 15) is 4.79 Å². The molecule has 0 bridgehead atoms. The van der Waals surface area contributed by atoms with Crippen molar-refractivity contribution >= 4 is 11.7 Å². The van der Waals surface area contributed by atoms with Gasteiger partial charge in [0.25, 0.3) is 0 Å². The van der Waals surface area contributed by atoms with Gasteiger partial charge in [0.1, 0.15) is 5.71 Å². The van der Waals surface area contributed by atoms with Crippen molar-refractivity contribution in [2.24, 2.45) is 5.16 Å². The molecule has 0 aromatic carbocycles. The van der Waals surface area contributed by atoms with Crippen LogP contribution in [-0.2, 0) is 4.74 Å². The third-order valence-electron chi connectivity index (χ3n) is 1.70. The number of carbonyl (C=O) groups excluding carboxylic acids is 1. The smallest absolute Gasteiger partial charge is 0.337 e. The number of nitrogens with zero attached hydrogens (tertiary/aromatic N) is 2. The van der Waals surface area contributed by atoms with Crippen LogP contribution in [0.4, 0.5) is 0 Å². The predicted octanol–water partition coefficient (Wildman–Crippen LogP) is 1.07. The molecule has 0 atom stereocenters. The van der Waals surface area contributed by atoms with Crippen molar-refractivity contribution in [1.29, 1.82) is 0 Å². The Labute approximate surface area is 81.0 Å². The zero-order valence-electron chi connectivity index (χ0n) is 7.89. The lowest BCUT2D eigenvalue weighted by Crippen LogP contribution is -2.05. The molecule has 0 fully saturated rings. The molecule has 1 aromatic rings. The van der Waals surface area contributed by atoms with Crippen molar-refractivity contribution in [2.45, 2.75) is 6.92 Å². The van der Waals surface area contributed by atoms with Gasteiger partial charge in [-0.2, -0.15) is 0 Å². The Bertz CT molecular complexity index is 374. The molecule has 0 amide bonds. The minimum absolute atomic E-state index is 0.343. The summed E-state index contributed by atoms with van der Waals surface area (Å²) in [7, 11) is 1.30. The maximum Gasteiger partial charge on any atom is 0.337 e. The van der Waals surface area contributed by atoms with Gasteiger partial charge < -0.3 is 9.94 Å². The summed E-state index contributed by atoms with van der Waals surface area (Å²) in [5, 5.41) is 11.5. The number of esters is 1. The summed E-state index contributed by atoms with van der Waals surface area (Å²) >= 11 is 0. The largest absolute Gasteiger partial charge is 0.465 e. The van der Waals surface area contributed by atoms with E-state index in [1.807, 2.05) is 0 Å². The summed E-state index contributed by atoms with van der Waals surface area (Å²) in [5.74, 6) is -0.445. The van der Waals surface area contributed by atoms with E-state index in [1.165, 1.54) is 25.4 Å². The molecule has 1 heterocycles. The number of ether oxygens (including phenoxy) is 1. The number of oxime groups is 1. The molecule has 0 saturated heterocycles. The van der Waals surface area contributed by atoms with Crippen LogP contribution in [0, 0.1) is 0 Å². The Morgan fingerprint density at radius 3 is 2.93 bits per heavy atom. The maximum atomic E-state index is 11.1. The lowest BCUT2D eigenvalue weighted by Gasteiger charge is -2.01. The molecule has 0 unspecified atom stereocenters. The number of methoxy groups -OCH3 is 1. The number of hydrogen-bond donors (Lipinski definition) is 1. The number of aromatic nitrogens is 1. The number of carbonyl (C=O) groups is 1. The topological polar surface area (TPSA) is 71.8 Å². The Balaban J connectivity index is 3.07. The first-order valence-corrected chi connectivity index (χ1v) is 3.92. The summed E-state index contributed by atoms with van der Waals surface area (Å²) in [6.45, 7) is 1.59. The van der Waals surface area contributed by atoms with Crippen molar-refractivity contribution < 1.29 is 14.7 Å². The Kier molecular flexibility index (Phi) is 3.17.